The maximum Gasteiger partial charge on any atom is 0.261 e. The van der Waals surface area contributed by atoms with Crippen molar-refractivity contribution in [2.24, 2.45) is 0 Å². The van der Waals surface area contributed by atoms with Crippen LogP contribution in [0.5, 0.6) is 0 Å². The molecule has 4 nitrogen and oxygen atoms in total. The maximum absolute atomic E-state index is 12.8. The third kappa shape index (κ3) is 4.39. The van der Waals surface area contributed by atoms with Crippen LogP contribution in [-0.4, -0.2) is 30.3 Å². The summed E-state index contributed by atoms with van der Waals surface area (Å²) in [5, 5.41) is 4.38. The lowest BCUT2D eigenvalue weighted by Gasteiger charge is -2.17. The van der Waals surface area contributed by atoms with Crippen molar-refractivity contribution >= 4 is 23.2 Å². The molecule has 6 heteroatoms. The van der Waals surface area contributed by atoms with E-state index in [1.807, 2.05) is 0 Å². The minimum Gasteiger partial charge on any atom is -0.342 e. The van der Waals surface area contributed by atoms with E-state index in [4.69, 9.17) is 0 Å². The van der Waals surface area contributed by atoms with Gasteiger partial charge in [-0.25, -0.2) is 4.39 Å². The highest BCUT2D eigenvalue weighted by molar-refractivity contribution is 7.12. The molecule has 2 rings (SSSR count). The Balaban J connectivity index is 1.82. The van der Waals surface area contributed by atoms with E-state index in [0.29, 0.717) is 11.4 Å². The van der Waals surface area contributed by atoms with Gasteiger partial charge in [-0.1, -0.05) is 18.2 Å². The second-order valence-corrected chi connectivity index (χ2v) is 5.48. The lowest BCUT2D eigenvalue weighted by molar-refractivity contribution is -0.129. The second-order valence-electron chi connectivity index (χ2n) is 4.54. The molecule has 1 aromatic heterocycles. The Morgan fingerprint density at radius 1 is 1.24 bits per heavy atom. The number of amides is 2. The minimum absolute atomic E-state index is 0.0611. The predicted octanol–water partition coefficient (Wildman–Crippen LogP) is 2.28. The molecular weight excluding hydrogens is 291 g/mol. The third-order valence-electron chi connectivity index (χ3n) is 2.90. The highest BCUT2D eigenvalue weighted by Gasteiger charge is 2.12. The van der Waals surface area contributed by atoms with Crippen LogP contribution in [-0.2, 0) is 11.3 Å². The Morgan fingerprint density at radius 3 is 2.57 bits per heavy atom. The van der Waals surface area contributed by atoms with Crippen molar-refractivity contribution < 1.29 is 14.0 Å². The molecule has 1 N–H and O–H groups in total. The zero-order valence-electron chi connectivity index (χ0n) is 11.5. The molecule has 110 valence electrons. The average Bonchev–Trinajstić information content (AvgIpc) is 3.01. The van der Waals surface area contributed by atoms with Crippen molar-refractivity contribution in [3.63, 3.8) is 0 Å². The number of nitrogens with one attached hydrogen (secondary N) is 1. The molecule has 0 fully saturated rings. The highest BCUT2D eigenvalue weighted by Crippen LogP contribution is 2.08. The molecule has 21 heavy (non-hydrogen) atoms. The zero-order chi connectivity index (χ0) is 15.2. The summed E-state index contributed by atoms with van der Waals surface area (Å²) in [4.78, 5) is 25.7. The normalized spacial score (nSPS) is 10.2. The first-order valence-corrected chi connectivity index (χ1v) is 7.24. The fourth-order valence-corrected chi connectivity index (χ4v) is 2.38. The monoisotopic (exact) mass is 306 g/mol. The Morgan fingerprint density at radius 2 is 1.95 bits per heavy atom. The van der Waals surface area contributed by atoms with E-state index in [9.17, 15) is 14.0 Å². The molecule has 0 aliphatic heterocycles. The van der Waals surface area contributed by atoms with Crippen molar-refractivity contribution in [3.8, 4) is 0 Å². The third-order valence-corrected chi connectivity index (χ3v) is 3.77. The van der Waals surface area contributed by atoms with Crippen LogP contribution in [0, 0.1) is 5.82 Å². The number of carbonyl (C=O) groups is 2. The van der Waals surface area contributed by atoms with Gasteiger partial charge in [0.25, 0.3) is 5.91 Å². The number of carbonyl (C=O) groups excluding carboxylic acids is 2. The largest absolute Gasteiger partial charge is 0.342 e. The van der Waals surface area contributed by atoms with Gasteiger partial charge in [-0.05, 0) is 29.1 Å². The molecule has 2 amide bonds. The van der Waals surface area contributed by atoms with Crippen LogP contribution in [0.4, 0.5) is 4.39 Å². The molecule has 0 aliphatic rings. The fraction of sp³-hybridized carbons (Fsp3) is 0.200. The summed E-state index contributed by atoms with van der Waals surface area (Å²) < 4.78 is 12.8. The summed E-state index contributed by atoms with van der Waals surface area (Å²) >= 11 is 1.32. The summed E-state index contributed by atoms with van der Waals surface area (Å²) in [7, 11) is 1.64. The Bertz CT molecular complexity index is 611. The molecule has 2 aromatic rings. The van der Waals surface area contributed by atoms with Gasteiger partial charge < -0.3 is 10.2 Å². The first-order valence-electron chi connectivity index (χ1n) is 6.36. The number of likely N-dealkylation sites (N-methyl/N-ethyl adjacent to an activating group) is 1. The summed E-state index contributed by atoms with van der Waals surface area (Å²) in [5.74, 6) is -0.770. The fourth-order valence-electron chi connectivity index (χ4n) is 1.74. The Kier molecular flexibility index (Phi) is 5.05. The van der Waals surface area contributed by atoms with Gasteiger partial charge in [0.2, 0.25) is 5.91 Å². The van der Waals surface area contributed by atoms with Crippen LogP contribution in [0.25, 0.3) is 0 Å². The molecule has 0 saturated carbocycles. The molecule has 0 radical (unpaired) electrons. The number of halogens is 1. The summed E-state index contributed by atoms with van der Waals surface area (Å²) in [6.07, 6.45) is 0. The molecule has 0 spiro atoms. The molecule has 1 aromatic carbocycles. The van der Waals surface area contributed by atoms with Crippen LogP contribution < -0.4 is 5.32 Å². The van der Waals surface area contributed by atoms with Crippen molar-refractivity contribution in [3.05, 3.63) is 58.0 Å². The Hall–Kier alpha value is -2.21. The highest BCUT2D eigenvalue weighted by atomic mass is 32.1. The van der Waals surface area contributed by atoms with Crippen LogP contribution in [0.3, 0.4) is 0 Å². The second kappa shape index (κ2) is 6.99. The van der Waals surface area contributed by atoms with Crippen LogP contribution in [0.2, 0.25) is 0 Å². The quantitative estimate of drug-likeness (QED) is 0.921. The van der Waals surface area contributed by atoms with E-state index in [-0.39, 0.29) is 24.2 Å². The minimum atomic E-state index is -0.309. The van der Waals surface area contributed by atoms with E-state index < -0.39 is 0 Å². The van der Waals surface area contributed by atoms with Crippen molar-refractivity contribution in [2.75, 3.05) is 13.6 Å². The topological polar surface area (TPSA) is 49.4 Å². The Labute approximate surface area is 126 Å². The number of hydrogen-bond acceptors (Lipinski definition) is 3. The van der Waals surface area contributed by atoms with Gasteiger partial charge in [0.05, 0.1) is 11.4 Å². The lowest BCUT2D eigenvalue weighted by Crippen LogP contribution is -2.37. The number of hydrogen-bond donors (Lipinski definition) is 1. The van der Waals surface area contributed by atoms with E-state index in [0.717, 1.165) is 5.56 Å². The average molecular weight is 306 g/mol. The van der Waals surface area contributed by atoms with E-state index in [2.05, 4.69) is 5.32 Å². The van der Waals surface area contributed by atoms with Crippen molar-refractivity contribution in [1.29, 1.82) is 0 Å². The van der Waals surface area contributed by atoms with Gasteiger partial charge in [-0.15, -0.1) is 11.3 Å². The van der Waals surface area contributed by atoms with Gasteiger partial charge in [-0.3, -0.25) is 9.59 Å². The van der Waals surface area contributed by atoms with Gasteiger partial charge >= 0.3 is 0 Å². The summed E-state index contributed by atoms with van der Waals surface area (Å²) in [5.41, 5.74) is 0.830. The van der Waals surface area contributed by atoms with Crippen molar-refractivity contribution in [2.45, 2.75) is 6.54 Å². The number of nitrogens with zero attached hydrogens (tertiary/aromatic N) is 1. The molecule has 0 bridgehead atoms. The number of rotatable bonds is 5. The van der Waals surface area contributed by atoms with E-state index in [1.165, 1.54) is 28.4 Å². The maximum atomic E-state index is 12.8. The first kappa shape index (κ1) is 15.2. The van der Waals surface area contributed by atoms with Gasteiger partial charge in [0.15, 0.2) is 0 Å². The van der Waals surface area contributed by atoms with Crippen LogP contribution >= 0.6 is 11.3 Å². The lowest BCUT2D eigenvalue weighted by atomic mass is 10.2. The molecule has 0 aliphatic carbocycles. The number of thiophene rings is 1. The number of benzene rings is 1. The van der Waals surface area contributed by atoms with Crippen LogP contribution in [0.1, 0.15) is 15.2 Å². The smallest absolute Gasteiger partial charge is 0.261 e. The molecule has 0 saturated heterocycles. The van der Waals surface area contributed by atoms with Gasteiger partial charge in [0.1, 0.15) is 5.82 Å². The molecular formula is C15H15FN2O2S. The van der Waals surface area contributed by atoms with E-state index >= 15 is 0 Å². The van der Waals surface area contributed by atoms with E-state index in [1.54, 1.807) is 36.7 Å². The van der Waals surface area contributed by atoms with Crippen LogP contribution in [0.15, 0.2) is 41.8 Å². The van der Waals surface area contributed by atoms with Crippen molar-refractivity contribution in [1.82, 2.24) is 10.2 Å². The summed E-state index contributed by atoms with van der Waals surface area (Å²) in [6.45, 7) is 0.308. The first-order chi connectivity index (χ1) is 10.1. The molecule has 1 heterocycles. The SMILES string of the molecule is CN(Cc1ccc(F)cc1)C(=O)CNC(=O)c1cccs1. The molecule has 0 unspecified atom stereocenters. The summed E-state index contributed by atoms with van der Waals surface area (Å²) in [6, 6.07) is 9.44. The van der Waals surface area contributed by atoms with Gasteiger partial charge in [0, 0.05) is 13.6 Å². The predicted molar refractivity (Wildman–Crippen MR) is 79.5 cm³/mol. The molecule has 0 atom stereocenters. The van der Waals surface area contributed by atoms with Gasteiger partial charge in [-0.2, -0.15) is 0 Å². The zero-order valence-corrected chi connectivity index (χ0v) is 12.3. The standard InChI is InChI=1S/C15H15FN2O2S/c1-18(10-11-4-6-12(16)7-5-11)14(19)9-17-15(20)13-3-2-8-21-13/h2-8H,9-10H2,1H3,(H,17,20).